The molecule has 1 amide bonds. The van der Waals surface area contributed by atoms with E-state index < -0.39 is 15.9 Å². The van der Waals surface area contributed by atoms with E-state index in [-0.39, 0.29) is 22.0 Å². The zero-order valence-corrected chi connectivity index (χ0v) is 19.5. The highest BCUT2D eigenvalue weighted by molar-refractivity contribution is 7.92. The first-order chi connectivity index (χ1) is 15.3. The molecule has 0 unspecified atom stereocenters. The average Bonchev–Trinajstić information content (AvgIpc) is 2.79. The molecule has 0 fully saturated rings. The second kappa shape index (κ2) is 10.7. The molecule has 0 aliphatic rings. The fraction of sp³-hybridized carbons (Fsp3) is 0.125. The Hall–Kier alpha value is -2.80. The van der Waals surface area contributed by atoms with Crippen molar-refractivity contribution in [3.63, 3.8) is 0 Å². The van der Waals surface area contributed by atoms with Crippen LogP contribution in [0, 0.1) is 0 Å². The van der Waals surface area contributed by atoms with Crippen LogP contribution in [0.15, 0.2) is 90.3 Å². The van der Waals surface area contributed by atoms with Crippen LogP contribution in [-0.2, 0) is 16.4 Å². The molecule has 166 valence electrons. The molecular formula is C24H22Cl2N2O3S. The van der Waals surface area contributed by atoms with Crippen LogP contribution in [0.2, 0.25) is 10.0 Å². The summed E-state index contributed by atoms with van der Waals surface area (Å²) in [5, 5.41) is 3.46. The van der Waals surface area contributed by atoms with Crippen molar-refractivity contribution in [3.8, 4) is 0 Å². The third-order valence-electron chi connectivity index (χ3n) is 4.72. The van der Waals surface area contributed by atoms with Gasteiger partial charge in [-0.05, 0) is 54.4 Å². The van der Waals surface area contributed by atoms with E-state index in [9.17, 15) is 13.2 Å². The van der Waals surface area contributed by atoms with Crippen LogP contribution >= 0.6 is 23.2 Å². The molecule has 0 aliphatic heterocycles. The van der Waals surface area contributed by atoms with Gasteiger partial charge in [0, 0.05) is 11.6 Å². The fourth-order valence-electron chi connectivity index (χ4n) is 3.09. The highest BCUT2D eigenvalue weighted by Crippen LogP contribution is 2.27. The minimum absolute atomic E-state index is 0.0468. The highest BCUT2D eigenvalue weighted by atomic mass is 35.5. The van der Waals surface area contributed by atoms with Gasteiger partial charge in [-0.2, -0.15) is 0 Å². The maximum Gasteiger partial charge on any atom is 0.264 e. The topological polar surface area (TPSA) is 66.5 Å². The summed E-state index contributed by atoms with van der Waals surface area (Å²) in [7, 11) is -3.99. The van der Waals surface area contributed by atoms with Crippen molar-refractivity contribution in [2.24, 2.45) is 0 Å². The summed E-state index contributed by atoms with van der Waals surface area (Å²) in [6, 6.07) is 20.2. The number of benzene rings is 3. The highest BCUT2D eigenvalue weighted by Gasteiger charge is 2.26. The van der Waals surface area contributed by atoms with Gasteiger partial charge in [0.1, 0.15) is 0 Å². The molecular weight excluding hydrogens is 467 g/mol. The number of halogens is 2. The van der Waals surface area contributed by atoms with Crippen LogP contribution in [0.3, 0.4) is 0 Å². The number of carbonyl (C=O) groups excluding carboxylic acids is 1. The lowest BCUT2D eigenvalue weighted by molar-refractivity contribution is 0.0954. The van der Waals surface area contributed by atoms with Crippen LogP contribution in [0.25, 0.3) is 0 Å². The van der Waals surface area contributed by atoms with Gasteiger partial charge in [0.15, 0.2) is 0 Å². The molecule has 0 radical (unpaired) electrons. The van der Waals surface area contributed by atoms with Crippen molar-refractivity contribution in [1.29, 1.82) is 0 Å². The summed E-state index contributed by atoms with van der Waals surface area (Å²) >= 11 is 12.1. The van der Waals surface area contributed by atoms with E-state index in [0.717, 1.165) is 5.56 Å². The van der Waals surface area contributed by atoms with Crippen molar-refractivity contribution in [3.05, 3.63) is 107 Å². The summed E-state index contributed by atoms with van der Waals surface area (Å²) in [6.45, 7) is 4.09. The zero-order valence-electron chi connectivity index (χ0n) is 17.2. The standard InChI is InChI=1S/C24H22Cl2N2O3S/c1-2-16-28(20-10-8-19(25)9-11-20)32(30,31)21-12-13-23(26)22(17-21)24(29)27-15-14-18-6-4-3-5-7-18/h2-13,17H,1,14-16H2,(H,27,29). The van der Waals surface area contributed by atoms with Gasteiger partial charge < -0.3 is 5.32 Å². The summed E-state index contributed by atoms with van der Waals surface area (Å²) < 4.78 is 27.9. The number of nitrogens with one attached hydrogen (secondary N) is 1. The van der Waals surface area contributed by atoms with Gasteiger partial charge in [-0.25, -0.2) is 8.42 Å². The fourth-order valence-corrected chi connectivity index (χ4v) is 4.88. The van der Waals surface area contributed by atoms with E-state index >= 15 is 0 Å². The lowest BCUT2D eigenvalue weighted by Gasteiger charge is -2.23. The molecule has 8 heteroatoms. The summed E-state index contributed by atoms with van der Waals surface area (Å²) in [4.78, 5) is 12.7. The quantitative estimate of drug-likeness (QED) is 0.413. The van der Waals surface area contributed by atoms with Crippen molar-refractivity contribution in [2.45, 2.75) is 11.3 Å². The molecule has 3 rings (SSSR count). The SMILES string of the molecule is C=CCN(c1ccc(Cl)cc1)S(=O)(=O)c1ccc(Cl)c(C(=O)NCCc2ccccc2)c1. The predicted molar refractivity (Wildman–Crippen MR) is 130 cm³/mol. The first-order valence-electron chi connectivity index (χ1n) is 9.84. The second-order valence-corrected chi connectivity index (χ2v) is 9.64. The Morgan fingerprint density at radius 2 is 1.69 bits per heavy atom. The lowest BCUT2D eigenvalue weighted by atomic mass is 10.1. The van der Waals surface area contributed by atoms with Crippen LogP contribution in [-0.4, -0.2) is 27.4 Å². The molecule has 5 nitrogen and oxygen atoms in total. The first-order valence-corrected chi connectivity index (χ1v) is 12.0. The number of sulfonamides is 1. The van der Waals surface area contributed by atoms with Gasteiger partial charge in [0.05, 0.1) is 27.7 Å². The molecule has 0 bridgehead atoms. The van der Waals surface area contributed by atoms with Gasteiger partial charge >= 0.3 is 0 Å². The Labute approximate surface area is 198 Å². The summed E-state index contributed by atoms with van der Waals surface area (Å²) in [5.74, 6) is -0.440. The van der Waals surface area contributed by atoms with Crippen LogP contribution in [0.4, 0.5) is 5.69 Å². The van der Waals surface area contributed by atoms with Gasteiger partial charge in [-0.3, -0.25) is 9.10 Å². The largest absolute Gasteiger partial charge is 0.352 e. The van der Waals surface area contributed by atoms with Crippen molar-refractivity contribution in [1.82, 2.24) is 5.32 Å². The molecule has 32 heavy (non-hydrogen) atoms. The Morgan fingerprint density at radius 1 is 1.00 bits per heavy atom. The Bertz CT molecular complexity index is 1200. The number of anilines is 1. The third kappa shape index (κ3) is 5.71. The monoisotopic (exact) mass is 488 g/mol. The molecule has 0 heterocycles. The molecule has 1 N–H and O–H groups in total. The summed E-state index contributed by atoms with van der Waals surface area (Å²) in [5.41, 5.74) is 1.60. The zero-order chi connectivity index (χ0) is 23.1. The molecule has 0 saturated carbocycles. The van der Waals surface area contributed by atoms with Crippen LogP contribution < -0.4 is 9.62 Å². The molecule has 0 atom stereocenters. The molecule has 3 aromatic carbocycles. The van der Waals surface area contributed by atoms with E-state index in [1.807, 2.05) is 30.3 Å². The number of nitrogens with zero attached hydrogens (tertiary/aromatic N) is 1. The number of carbonyl (C=O) groups is 1. The van der Waals surface area contributed by atoms with E-state index in [4.69, 9.17) is 23.2 Å². The normalized spacial score (nSPS) is 11.1. The van der Waals surface area contributed by atoms with E-state index in [1.54, 1.807) is 24.3 Å². The second-order valence-electron chi connectivity index (χ2n) is 6.93. The number of hydrogen-bond donors (Lipinski definition) is 1. The van der Waals surface area contributed by atoms with Gasteiger partial charge in [0.25, 0.3) is 15.9 Å². The number of hydrogen-bond acceptors (Lipinski definition) is 3. The maximum atomic E-state index is 13.4. The molecule has 3 aromatic rings. The van der Waals surface area contributed by atoms with E-state index in [1.165, 1.54) is 28.6 Å². The first kappa shape index (κ1) is 23.9. The molecule has 0 saturated heterocycles. The minimum atomic E-state index is -3.99. The number of amides is 1. The van der Waals surface area contributed by atoms with E-state index in [0.29, 0.717) is 23.7 Å². The maximum absolute atomic E-state index is 13.4. The molecule has 0 spiro atoms. The molecule has 0 aliphatic carbocycles. The van der Waals surface area contributed by atoms with Gasteiger partial charge in [-0.15, -0.1) is 6.58 Å². The van der Waals surface area contributed by atoms with Crippen molar-refractivity contribution >= 4 is 44.8 Å². The van der Waals surface area contributed by atoms with Crippen molar-refractivity contribution in [2.75, 3.05) is 17.4 Å². The smallest absolute Gasteiger partial charge is 0.264 e. The van der Waals surface area contributed by atoms with Crippen LogP contribution in [0.5, 0.6) is 0 Å². The summed E-state index contributed by atoms with van der Waals surface area (Å²) in [6.07, 6.45) is 2.13. The Balaban J connectivity index is 1.84. The predicted octanol–water partition coefficient (Wildman–Crippen LogP) is 5.35. The third-order valence-corrected chi connectivity index (χ3v) is 7.09. The van der Waals surface area contributed by atoms with Gasteiger partial charge in [0.2, 0.25) is 0 Å². The molecule has 0 aromatic heterocycles. The minimum Gasteiger partial charge on any atom is -0.352 e. The van der Waals surface area contributed by atoms with Crippen LogP contribution in [0.1, 0.15) is 15.9 Å². The Kier molecular flexibility index (Phi) is 7.96. The average molecular weight is 489 g/mol. The van der Waals surface area contributed by atoms with Crippen molar-refractivity contribution < 1.29 is 13.2 Å². The lowest BCUT2D eigenvalue weighted by Crippen LogP contribution is -2.31. The number of rotatable bonds is 9. The van der Waals surface area contributed by atoms with E-state index in [2.05, 4.69) is 11.9 Å². The Morgan fingerprint density at radius 3 is 2.34 bits per heavy atom. The van der Waals surface area contributed by atoms with Gasteiger partial charge in [-0.1, -0.05) is 59.6 Å².